The van der Waals surface area contributed by atoms with Crippen LogP contribution >= 0.6 is 12.4 Å². The van der Waals surface area contributed by atoms with Crippen molar-refractivity contribution in [2.24, 2.45) is 17.6 Å². The topological polar surface area (TPSA) is 55.1 Å². The van der Waals surface area contributed by atoms with E-state index in [2.05, 4.69) is 43.4 Å². The van der Waals surface area contributed by atoms with Gasteiger partial charge in [0.15, 0.2) is 0 Å². The fourth-order valence-electron chi connectivity index (χ4n) is 3.06. The minimum Gasteiger partial charge on any atom is -0.355 e. The highest BCUT2D eigenvalue weighted by Gasteiger charge is 2.31. The fourth-order valence-corrected chi connectivity index (χ4v) is 3.06. The lowest BCUT2D eigenvalue weighted by Gasteiger charge is -2.19. The number of benzene rings is 1. The molecule has 1 fully saturated rings. The molecule has 1 amide bonds. The molecule has 0 spiro atoms. The smallest absolute Gasteiger partial charge is 0.223 e. The molecule has 118 valence electrons. The van der Waals surface area contributed by atoms with Gasteiger partial charge in [-0.1, -0.05) is 43.2 Å². The molecule has 3 N–H and O–H groups in total. The molecule has 2 rings (SSSR count). The van der Waals surface area contributed by atoms with Crippen molar-refractivity contribution in [2.75, 3.05) is 13.1 Å². The van der Waals surface area contributed by atoms with Gasteiger partial charge in [-0.25, -0.2) is 0 Å². The Bertz CT molecular complexity index is 447. The maximum Gasteiger partial charge on any atom is 0.223 e. The van der Waals surface area contributed by atoms with Gasteiger partial charge < -0.3 is 11.1 Å². The Morgan fingerprint density at radius 1 is 1.33 bits per heavy atom. The summed E-state index contributed by atoms with van der Waals surface area (Å²) in [5.41, 5.74) is 8.28. The van der Waals surface area contributed by atoms with Gasteiger partial charge >= 0.3 is 0 Å². The number of rotatable bonds is 5. The van der Waals surface area contributed by atoms with E-state index in [1.54, 1.807) is 0 Å². The lowest BCUT2D eigenvalue weighted by Crippen LogP contribution is -2.36. The second kappa shape index (κ2) is 8.40. The number of carbonyl (C=O) groups is 1. The summed E-state index contributed by atoms with van der Waals surface area (Å²) < 4.78 is 0. The molecule has 4 heteroatoms. The minimum atomic E-state index is 0. The molecule has 1 aromatic carbocycles. The van der Waals surface area contributed by atoms with Gasteiger partial charge in [0.2, 0.25) is 5.91 Å². The van der Waals surface area contributed by atoms with Crippen molar-refractivity contribution in [3.63, 3.8) is 0 Å². The first-order valence-electron chi connectivity index (χ1n) is 7.66. The lowest BCUT2D eigenvalue weighted by atomic mass is 9.94. The molecule has 1 aliphatic carbocycles. The zero-order valence-electron chi connectivity index (χ0n) is 13.0. The number of hydrogen-bond acceptors (Lipinski definition) is 2. The fraction of sp³-hybridized carbons (Fsp3) is 0.588. The third-order valence-electron chi connectivity index (χ3n) is 4.53. The largest absolute Gasteiger partial charge is 0.355 e. The van der Waals surface area contributed by atoms with E-state index in [4.69, 9.17) is 5.73 Å². The van der Waals surface area contributed by atoms with Crippen LogP contribution in [0.4, 0.5) is 0 Å². The summed E-state index contributed by atoms with van der Waals surface area (Å²) in [7, 11) is 0. The molecular formula is C17H27ClN2O. The number of nitrogens with one attached hydrogen (secondary N) is 1. The Morgan fingerprint density at radius 2 is 2.00 bits per heavy atom. The summed E-state index contributed by atoms with van der Waals surface area (Å²) >= 11 is 0. The summed E-state index contributed by atoms with van der Waals surface area (Å²) in [6, 6.07) is 8.53. The second-order valence-electron chi connectivity index (χ2n) is 6.09. The molecule has 0 aromatic heterocycles. The van der Waals surface area contributed by atoms with Crippen molar-refractivity contribution in [2.45, 2.75) is 39.0 Å². The Balaban J connectivity index is 0.00000220. The van der Waals surface area contributed by atoms with E-state index in [-0.39, 0.29) is 24.2 Å². The predicted octanol–water partition coefficient (Wildman–Crippen LogP) is 3.01. The van der Waals surface area contributed by atoms with Gasteiger partial charge in [-0.15, -0.1) is 12.4 Å². The maximum absolute atomic E-state index is 12.2. The number of amides is 1. The highest BCUT2D eigenvalue weighted by molar-refractivity contribution is 5.85. The van der Waals surface area contributed by atoms with Crippen LogP contribution in [0.1, 0.15) is 43.2 Å². The summed E-state index contributed by atoms with van der Waals surface area (Å²) in [4.78, 5) is 12.2. The van der Waals surface area contributed by atoms with Gasteiger partial charge in [0.05, 0.1) is 0 Å². The summed E-state index contributed by atoms with van der Waals surface area (Å²) in [6.45, 7) is 5.57. The van der Waals surface area contributed by atoms with E-state index in [0.29, 0.717) is 24.9 Å². The van der Waals surface area contributed by atoms with E-state index < -0.39 is 0 Å². The molecule has 21 heavy (non-hydrogen) atoms. The number of aryl methyl sites for hydroxylation is 1. The predicted molar refractivity (Wildman–Crippen MR) is 89.7 cm³/mol. The van der Waals surface area contributed by atoms with Crippen LogP contribution < -0.4 is 11.1 Å². The van der Waals surface area contributed by atoms with Crippen LogP contribution in [0.25, 0.3) is 0 Å². The van der Waals surface area contributed by atoms with Crippen molar-refractivity contribution in [1.82, 2.24) is 5.32 Å². The number of carbonyl (C=O) groups excluding carboxylic acids is 1. The molecule has 0 bridgehead atoms. The average Bonchev–Trinajstić information content (AvgIpc) is 2.93. The molecular weight excluding hydrogens is 284 g/mol. The summed E-state index contributed by atoms with van der Waals surface area (Å²) in [5.74, 6) is 1.05. The van der Waals surface area contributed by atoms with E-state index in [1.165, 1.54) is 11.1 Å². The van der Waals surface area contributed by atoms with E-state index >= 15 is 0 Å². The first kappa shape index (κ1) is 18.0. The van der Waals surface area contributed by atoms with Crippen molar-refractivity contribution >= 4 is 18.3 Å². The van der Waals surface area contributed by atoms with Crippen LogP contribution in [0, 0.1) is 18.8 Å². The van der Waals surface area contributed by atoms with Gasteiger partial charge in [-0.05, 0) is 43.7 Å². The first-order chi connectivity index (χ1) is 9.61. The van der Waals surface area contributed by atoms with Crippen LogP contribution in [0.5, 0.6) is 0 Å². The van der Waals surface area contributed by atoms with Crippen molar-refractivity contribution in [3.05, 3.63) is 35.4 Å². The summed E-state index contributed by atoms with van der Waals surface area (Å²) in [6.07, 6.45) is 3.22. The molecule has 3 nitrogen and oxygen atoms in total. The normalized spacial score (nSPS) is 22.4. The molecule has 0 heterocycles. The highest BCUT2D eigenvalue weighted by Crippen LogP contribution is 2.31. The quantitative estimate of drug-likeness (QED) is 0.878. The zero-order chi connectivity index (χ0) is 14.5. The third kappa shape index (κ3) is 4.72. The molecule has 0 saturated heterocycles. The van der Waals surface area contributed by atoms with Gasteiger partial charge in [0, 0.05) is 12.5 Å². The molecule has 1 unspecified atom stereocenters. The van der Waals surface area contributed by atoms with E-state index in [9.17, 15) is 4.79 Å². The van der Waals surface area contributed by atoms with Crippen LogP contribution in [0.3, 0.4) is 0 Å². The van der Waals surface area contributed by atoms with Crippen molar-refractivity contribution in [1.29, 1.82) is 0 Å². The van der Waals surface area contributed by atoms with Gasteiger partial charge in [0.1, 0.15) is 0 Å². The molecule has 1 aromatic rings. The Morgan fingerprint density at radius 3 is 2.62 bits per heavy atom. The average molecular weight is 311 g/mol. The third-order valence-corrected chi connectivity index (χ3v) is 4.53. The monoisotopic (exact) mass is 310 g/mol. The lowest BCUT2D eigenvalue weighted by molar-refractivity contribution is -0.126. The second-order valence-corrected chi connectivity index (χ2v) is 6.09. The van der Waals surface area contributed by atoms with Crippen molar-refractivity contribution in [3.8, 4) is 0 Å². The number of halogens is 1. The molecule has 3 atom stereocenters. The van der Waals surface area contributed by atoms with Crippen molar-refractivity contribution < 1.29 is 4.79 Å². The van der Waals surface area contributed by atoms with Gasteiger partial charge in [-0.2, -0.15) is 0 Å². The maximum atomic E-state index is 12.2. The Kier molecular flexibility index (Phi) is 7.20. The van der Waals surface area contributed by atoms with Crippen LogP contribution in [0.2, 0.25) is 0 Å². The Hall–Kier alpha value is -1.06. The molecule has 1 aliphatic rings. The van der Waals surface area contributed by atoms with Crippen LogP contribution in [0.15, 0.2) is 24.3 Å². The van der Waals surface area contributed by atoms with Crippen LogP contribution in [-0.4, -0.2) is 19.0 Å². The zero-order valence-corrected chi connectivity index (χ0v) is 13.8. The standard InChI is InChI=1S/C17H26N2O.ClH/c1-12-6-8-14(9-7-12)13(2)11-19-17(20)16-5-3-4-15(16)10-18;/h6-9,13,15-16H,3-5,10-11,18H2,1-2H3,(H,19,20);1H/t13?,15-,16-;/m1./s1. The Labute approximate surface area is 134 Å². The van der Waals surface area contributed by atoms with E-state index in [0.717, 1.165) is 19.3 Å². The summed E-state index contributed by atoms with van der Waals surface area (Å²) in [5, 5.41) is 3.11. The first-order valence-corrected chi connectivity index (χ1v) is 7.66. The molecule has 0 aliphatic heterocycles. The molecule has 1 saturated carbocycles. The minimum absolute atomic E-state index is 0. The van der Waals surface area contributed by atoms with E-state index in [1.807, 2.05) is 0 Å². The SMILES string of the molecule is Cc1ccc(C(C)CNC(=O)[C@@H]2CCC[C@@H]2CN)cc1.Cl. The van der Waals surface area contributed by atoms with Gasteiger partial charge in [-0.3, -0.25) is 4.79 Å². The molecule has 0 radical (unpaired) electrons. The van der Waals surface area contributed by atoms with Gasteiger partial charge in [0.25, 0.3) is 0 Å². The highest BCUT2D eigenvalue weighted by atomic mass is 35.5. The number of hydrogen-bond donors (Lipinski definition) is 2. The van der Waals surface area contributed by atoms with Crippen LogP contribution in [-0.2, 0) is 4.79 Å². The number of nitrogens with two attached hydrogens (primary N) is 1.